The zero-order chi connectivity index (χ0) is 0. The summed E-state index contributed by atoms with van der Waals surface area (Å²) in [6, 6.07) is 0. The van der Waals surface area contributed by atoms with Gasteiger partial charge in [0.2, 0.25) is 0 Å². The van der Waals surface area contributed by atoms with E-state index in [0.717, 1.165) is 0 Å². The summed E-state index contributed by atoms with van der Waals surface area (Å²) in [5.74, 6) is 0. The van der Waals surface area contributed by atoms with Crippen LogP contribution in [0.2, 0.25) is 0 Å². The van der Waals surface area contributed by atoms with Crippen molar-refractivity contribution in [2.24, 2.45) is 0 Å². The Bertz CT molecular complexity index is 3.90. The van der Waals surface area contributed by atoms with E-state index < -0.39 is 0 Å². The summed E-state index contributed by atoms with van der Waals surface area (Å²) in [5.41, 5.74) is 0. The van der Waals surface area contributed by atoms with Gasteiger partial charge in [0.25, 0.3) is 0 Å². The van der Waals surface area contributed by atoms with Crippen LogP contribution in [0.1, 0.15) is 0 Å². The molecule has 0 heterocycles. The Balaban J connectivity index is 0. The molecule has 0 aromatic rings. The third-order valence-corrected chi connectivity index (χ3v) is 0. The molecule has 1 radical (unpaired) electrons. The van der Waals surface area contributed by atoms with Gasteiger partial charge >= 0.3 is 0 Å². The van der Waals surface area contributed by atoms with Crippen LogP contribution in [0.25, 0.3) is 0 Å². The first kappa shape index (κ1) is 92.0. The van der Waals surface area contributed by atoms with Crippen LogP contribution < -0.4 is 62.0 Å². The Morgan fingerprint density at radius 1 is 0.333 bits per heavy atom. The van der Waals surface area contributed by atoms with E-state index in [1.807, 2.05) is 0 Å². The molecule has 0 aromatic heterocycles. The molecule has 0 nitrogen and oxygen atoms in total. The molecule has 47 valence electrons. The van der Waals surface area contributed by atoms with E-state index in [-0.39, 0.29) is 82.5 Å². The van der Waals surface area contributed by atoms with E-state index in [0.29, 0.717) is 0 Å². The van der Waals surface area contributed by atoms with Gasteiger partial charge in [-0.2, -0.15) is 0 Å². The van der Waals surface area contributed by atoms with Crippen LogP contribution in [0.3, 0.4) is 0 Å². The van der Waals surface area contributed by atoms with Crippen LogP contribution in [-0.2, 0) is 20.4 Å². The molecule has 0 aromatic carbocycles. The molecule has 0 spiro atoms. The summed E-state index contributed by atoms with van der Waals surface area (Å²) in [6.07, 6.45) is 0. The largest absolute Gasteiger partial charge is 1.00 e. The van der Waals surface area contributed by atoms with Crippen LogP contribution in [0.4, 0.5) is 0 Å². The molecule has 6 heavy (non-hydrogen) atoms. The van der Waals surface area contributed by atoms with Crippen molar-refractivity contribution in [1.82, 2.24) is 0 Å². The van der Waals surface area contributed by atoms with Gasteiger partial charge in [-0.15, -0.1) is 0 Å². The molecule has 0 saturated heterocycles. The third kappa shape index (κ3) is 35.8. The molecule has 6 heteroatoms. The van der Waals surface area contributed by atoms with E-state index in [4.69, 9.17) is 0 Å². The molecule has 0 aliphatic rings. The number of halogens is 5. The fraction of sp³-hybridized carbons (Fsp3) is 0. The maximum absolute atomic E-state index is 0. The Morgan fingerprint density at radius 2 is 0.333 bits per heavy atom. The van der Waals surface area contributed by atoms with Crippen LogP contribution in [-0.4, -0.2) is 0 Å². The summed E-state index contributed by atoms with van der Waals surface area (Å²) < 4.78 is 0. The van der Waals surface area contributed by atoms with Gasteiger partial charge < -0.3 is 62.0 Å². The second-order valence-electron chi connectivity index (χ2n) is 0. The zero-order valence-corrected chi connectivity index (χ0v) is 8.76. The van der Waals surface area contributed by atoms with Crippen molar-refractivity contribution >= 4 is 0 Å². The first-order valence-corrected chi connectivity index (χ1v) is 0. The van der Waals surface area contributed by atoms with Crippen LogP contribution in [0, 0.1) is 0 Å². The average Bonchev–Trinajstić information content (AvgIpc) is 0. The second kappa shape index (κ2) is 59.6. The smallest absolute Gasteiger partial charge is 0 e. The second-order valence-corrected chi connectivity index (χ2v) is 0. The number of rotatable bonds is 0. The Hall–Kier alpha value is 2.11. The molecule has 0 rings (SSSR count). The van der Waals surface area contributed by atoms with Crippen LogP contribution >= 0.6 is 0 Å². The van der Waals surface area contributed by atoms with E-state index >= 15 is 0 Å². The summed E-state index contributed by atoms with van der Waals surface area (Å²) in [6.45, 7) is 0. The topological polar surface area (TPSA) is 0 Å². The third-order valence-electron chi connectivity index (χ3n) is 0. The molecule has 0 fully saturated rings. The predicted octanol–water partition coefficient (Wildman–Crippen LogP) is -15.0. The Morgan fingerprint density at radius 3 is 0.333 bits per heavy atom. The predicted molar refractivity (Wildman–Crippen MR) is 0 cm³/mol. The van der Waals surface area contributed by atoms with Gasteiger partial charge in [0, 0.05) is 20.4 Å². The quantitative estimate of drug-likeness (QED) is 0.401. The molecular weight excluding hydrogens is 363 g/mol. The van der Waals surface area contributed by atoms with Gasteiger partial charge in [-0.3, -0.25) is 0 Å². The van der Waals surface area contributed by atoms with E-state index in [1.54, 1.807) is 0 Å². The van der Waals surface area contributed by atoms with Gasteiger partial charge in [-0.05, 0) is 0 Å². The SMILES string of the molecule is [Cl-].[Cl-].[Cl-].[Cl-].[Cl-].[Re]. The van der Waals surface area contributed by atoms with E-state index in [2.05, 4.69) is 0 Å². The van der Waals surface area contributed by atoms with Crippen molar-refractivity contribution in [3.05, 3.63) is 0 Å². The fourth-order valence-corrected chi connectivity index (χ4v) is 0. The molecule has 0 amide bonds. The summed E-state index contributed by atoms with van der Waals surface area (Å²) in [7, 11) is 0. The number of hydrogen-bond acceptors (Lipinski definition) is 0. The van der Waals surface area contributed by atoms with E-state index in [9.17, 15) is 0 Å². The molecule has 0 bridgehead atoms. The minimum atomic E-state index is 0. The molecule has 0 aliphatic heterocycles. The first-order chi connectivity index (χ1) is 0. The van der Waals surface area contributed by atoms with Gasteiger partial charge in [0.15, 0.2) is 0 Å². The molecule has 0 atom stereocenters. The van der Waals surface area contributed by atoms with Crippen molar-refractivity contribution in [3.63, 3.8) is 0 Å². The van der Waals surface area contributed by atoms with Crippen molar-refractivity contribution in [2.75, 3.05) is 0 Å². The summed E-state index contributed by atoms with van der Waals surface area (Å²) in [4.78, 5) is 0. The maximum atomic E-state index is 0. The van der Waals surface area contributed by atoms with Crippen molar-refractivity contribution < 1.29 is 82.5 Å². The summed E-state index contributed by atoms with van der Waals surface area (Å²) in [5, 5.41) is 0. The minimum absolute atomic E-state index is 0. The van der Waals surface area contributed by atoms with Crippen molar-refractivity contribution in [3.8, 4) is 0 Å². The maximum Gasteiger partial charge on any atom is 0 e. The average molecular weight is 363 g/mol. The van der Waals surface area contributed by atoms with Gasteiger partial charge in [0.05, 0.1) is 0 Å². The van der Waals surface area contributed by atoms with E-state index in [1.165, 1.54) is 0 Å². The Kier molecular flexibility index (Phi) is 913. The monoisotopic (exact) mass is 362 g/mol. The van der Waals surface area contributed by atoms with Gasteiger partial charge in [0.1, 0.15) is 0 Å². The number of hydrogen-bond donors (Lipinski definition) is 0. The molecule has 0 aliphatic carbocycles. The first-order valence-electron chi connectivity index (χ1n) is 0. The summed E-state index contributed by atoms with van der Waals surface area (Å²) >= 11 is 0. The van der Waals surface area contributed by atoms with Crippen LogP contribution in [0.15, 0.2) is 0 Å². The van der Waals surface area contributed by atoms with Gasteiger partial charge in [-0.25, -0.2) is 0 Å². The normalized spacial score (nSPS) is 0. The molecule has 0 N–H and O–H groups in total. The minimum Gasteiger partial charge on any atom is -1.00 e. The zero-order valence-electron chi connectivity index (χ0n) is 2.27. The molecule has 0 unspecified atom stereocenters. The van der Waals surface area contributed by atoms with Crippen molar-refractivity contribution in [2.45, 2.75) is 0 Å². The standard InChI is InChI=1S/5ClH.Re/h5*1H;/p-5. The van der Waals surface area contributed by atoms with Crippen LogP contribution in [0.5, 0.6) is 0 Å². The fourth-order valence-electron chi connectivity index (χ4n) is 0. The molecular formula is Cl5Re-5. The molecule has 0 saturated carbocycles. The van der Waals surface area contributed by atoms with Gasteiger partial charge in [-0.1, -0.05) is 0 Å². The van der Waals surface area contributed by atoms with Crippen molar-refractivity contribution in [1.29, 1.82) is 0 Å². The Labute approximate surface area is 81.9 Å².